The van der Waals surface area contributed by atoms with Gasteiger partial charge in [-0.05, 0) is 12.5 Å². The van der Waals surface area contributed by atoms with Gasteiger partial charge in [-0.25, -0.2) is 4.98 Å². The van der Waals surface area contributed by atoms with Gasteiger partial charge in [0.25, 0.3) is 0 Å². The number of nitrogens with zero attached hydrogens (tertiary/aromatic N) is 3. The second kappa shape index (κ2) is 6.06. The number of hydrogen-bond donors (Lipinski definition) is 1. The van der Waals surface area contributed by atoms with E-state index < -0.39 is 6.10 Å². The molecule has 0 radical (unpaired) electrons. The average Bonchev–Trinajstić information content (AvgIpc) is 2.97. The maximum atomic E-state index is 10.4. The molecule has 1 N–H and O–H groups in total. The first-order chi connectivity index (χ1) is 9.41. The van der Waals surface area contributed by atoms with Gasteiger partial charge >= 0.3 is 0 Å². The minimum atomic E-state index is -0.539. The lowest BCUT2D eigenvalue weighted by atomic mass is 9.93. The van der Waals surface area contributed by atoms with Gasteiger partial charge in [0, 0.05) is 30.0 Å². The Balaban J connectivity index is 2.09. The number of aliphatic hydroxyl groups excluding tert-OH is 1. The summed E-state index contributed by atoms with van der Waals surface area (Å²) >= 11 is 1.62. The first-order valence-electron chi connectivity index (χ1n) is 7.06. The van der Waals surface area contributed by atoms with Crippen LogP contribution in [0.4, 0.5) is 0 Å². The van der Waals surface area contributed by atoms with E-state index in [2.05, 4.69) is 43.2 Å². The third kappa shape index (κ3) is 3.46. The Bertz CT molecular complexity index is 553. The molecule has 0 aliphatic heterocycles. The van der Waals surface area contributed by atoms with Crippen LogP contribution in [0, 0.1) is 0 Å². The van der Waals surface area contributed by atoms with E-state index in [-0.39, 0.29) is 5.41 Å². The minimum absolute atomic E-state index is 0.0592. The van der Waals surface area contributed by atoms with Crippen LogP contribution in [0.2, 0.25) is 0 Å². The number of rotatable bonds is 5. The predicted octanol–water partition coefficient (Wildman–Crippen LogP) is 3.32. The molecule has 0 saturated heterocycles. The summed E-state index contributed by atoms with van der Waals surface area (Å²) in [7, 11) is 0. The Labute approximate surface area is 124 Å². The smallest absolute Gasteiger partial charge is 0.102 e. The monoisotopic (exact) mass is 293 g/mol. The number of hydrogen-bond acceptors (Lipinski definition) is 4. The van der Waals surface area contributed by atoms with E-state index >= 15 is 0 Å². The third-order valence-electron chi connectivity index (χ3n) is 3.21. The summed E-state index contributed by atoms with van der Waals surface area (Å²) in [5, 5.41) is 17.7. The lowest BCUT2D eigenvalue weighted by Gasteiger charge is -2.14. The molecule has 0 amide bonds. The molecule has 110 valence electrons. The van der Waals surface area contributed by atoms with Crippen LogP contribution in [0.1, 0.15) is 56.6 Å². The maximum Gasteiger partial charge on any atom is 0.102 e. The Morgan fingerprint density at radius 3 is 2.75 bits per heavy atom. The lowest BCUT2D eigenvalue weighted by Crippen LogP contribution is -2.13. The van der Waals surface area contributed by atoms with E-state index in [0.717, 1.165) is 29.4 Å². The van der Waals surface area contributed by atoms with E-state index in [1.165, 1.54) is 0 Å². The number of aromatic nitrogens is 3. The van der Waals surface area contributed by atoms with Crippen molar-refractivity contribution in [3.63, 3.8) is 0 Å². The fourth-order valence-electron chi connectivity index (χ4n) is 2.04. The molecule has 1 unspecified atom stereocenters. The Morgan fingerprint density at radius 1 is 1.40 bits per heavy atom. The molecule has 0 bridgehead atoms. The quantitative estimate of drug-likeness (QED) is 0.920. The van der Waals surface area contributed by atoms with Crippen molar-refractivity contribution >= 4 is 11.3 Å². The summed E-state index contributed by atoms with van der Waals surface area (Å²) in [5.41, 5.74) is 2.02. The van der Waals surface area contributed by atoms with Gasteiger partial charge in [0.1, 0.15) is 6.10 Å². The van der Waals surface area contributed by atoms with Crippen molar-refractivity contribution in [2.24, 2.45) is 0 Å². The first-order valence-corrected chi connectivity index (χ1v) is 7.94. The Morgan fingerprint density at radius 2 is 2.15 bits per heavy atom. The molecule has 0 fully saturated rings. The molecule has 0 aliphatic carbocycles. The average molecular weight is 293 g/mol. The molecule has 5 heteroatoms. The largest absolute Gasteiger partial charge is 0.386 e. The van der Waals surface area contributed by atoms with Crippen molar-refractivity contribution in [2.45, 2.75) is 58.6 Å². The van der Waals surface area contributed by atoms with Gasteiger partial charge in [0.15, 0.2) is 0 Å². The fraction of sp³-hybridized carbons (Fsp3) is 0.600. The van der Waals surface area contributed by atoms with Gasteiger partial charge in [0.2, 0.25) is 0 Å². The molecular weight excluding hydrogens is 270 g/mol. The fourth-order valence-corrected chi connectivity index (χ4v) is 3.10. The van der Waals surface area contributed by atoms with Crippen molar-refractivity contribution in [3.8, 4) is 0 Å². The van der Waals surface area contributed by atoms with Gasteiger partial charge in [-0.15, -0.1) is 11.3 Å². The molecule has 0 aliphatic rings. The van der Waals surface area contributed by atoms with Crippen molar-refractivity contribution in [1.82, 2.24) is 14.8 Å². The van der Waals surface area contributed by atoms with Crippen LogP contribution in [-0.4, -0.2) is 19.9 Å². The van der Waals surface area contributed by atoms with Crippen LogP contribution in [0.5, 0.6) is 0 Å². The van der Waals surface area contributed by atoms with Crippen LogP contribution in [0.3, 0.4) is 0 Å². The van der Waals surface area contributed by atoms with E-state index in [1.54, 1.807) is 17.5 Å². The van der Waals surface area contributed by atoms with Crippen LogP contribution in [0.25, 0.3) is 0 Å². The molecule has 4 nitrogen and oxygen atoms in total. The highest BCUT2D eigenvalue weighted by atomic mass is 32.1. The van der Waals surface area contributed by atoms with E-state index in [1.807, 2.05) is 10.7 Å². The Hall–Kier alpha value is -1.20. The van der Waals surface area contributed by atoms with Gasteiger partial charge in [0.05, 0.1) is 16.4 Å². The number of thiazole rings is 1. The van der Waals surface area contributed by atoms with E-state index in [9.17, 15) is 5.11 Å². The first kappa shape index (κ1) is 15.2. The van der Waals surface area contributed by atoms with Crippen LogP contribution >= 0.6 is 11.3 Å². The number of aryl methyl sites for hydroxylation is 1. The normalized spacial score (nSPS) is 13.7. The zero-order chi connectivity index (χ0) is 14.8. The maximum absolute atomic E-state index is 10.4. The highest BCUT2D eigenvalue weighted by molar-refractivity contribution is 7.09. The van der Waals surface area contributed by atoms with Gasteiger partial charge in [-0.3, -0.25) is 4.68 Å². The summed E-state index contributed by atoms with van der Waals surface area (Å²) in [6, 6.07) is 1.89. The van der Waals surface area contributed by atoms with Crippen molar-refractivity contribution in [3.05, 3.63) is 34.0 Å². The molecular formula is C15H23N3OS. The zero-order valence-electron chi connectivity index (χ0n) is 12.6. The molecule has 2 heterocycles. The topological polar surface area (TPSA) is 50.9 Å². The van der Waals surface area contributed by atoms with Crippen LogP contribution < -0.4 is 0 Å². The molecule has 0 saturated carbocycles. The van der Waals surface area contributed by atoms with Gasteiger partial charge in [-0.2, -0.15) is 5.10 Å². The van der Waals surface area contributed by atoms with Gasteiger partial charge in [-0.1, -0.05) is 27.7 Å². The van der Waals surface area contributed by atoms with Crippen molar-refractivity contribution < 1.29 is 5.11 Å². The summed E-state index contributed by atoms with van der Waals surface area (Å²) in [6.07, 6.45) is 2.77. The highest BCUT2D eigenvalue weighted by Gasteiger charge is 2.20. The SMILES string of the molecule is CCCn1nccc1C(O)Cc1nc(C(C)(C)C)cs1. The molecule has 0 aromatic carbocycles. The molecule has 2 aromatic rings. The van der Waals surface area contributed by atoms with E-state index in [0.29, 0.717) is 6.42 Å². The van der Waals surface area contributed by atoms with Gasteiger partial charge < -0.3 is 5.11 Å². The minimum Gasteiger partial charge on any atom is -0.386 e. The van der Waals surface area contributed by atoms with E-state index in [4.69, 9.17) is 0 Å². The summed E-state index contributed by atoms with van der Waals surface area (Å²) in [4.78, 5) is 4.64. The second-order valence-electron chi connectivity index (χ2n) is 6.08. The standard InChI is InChI=1S/C15H23N3OS/c1-5-8-18-11(6-7-16-18)12(19)9-14-17-13(10-20-14)15(2,3)4/h6-7,10,12,19H,5,8-9H2,1-4H3. The summed E-state index contributed by atoms with van der Waals surface area (Å²) < 4.78 is 1.88. The predicted molar refractivity (Wildman–Crippen MR) is 82.0 cm³/mol. The molecule has 0 spiro atoms. The molecule has 2 rings (SSSR count). The van der Waals surface area contributed by atoms with Crippen molar-refractivity contribution in [1.29, 1.82) is 0 Å². The molecule has 1 atom stereocenters. The lowest BCUT2D eigenvalue weighted by molar-refractivity contribution is 0.166. The third-order valence-corrected chi connectivity index (χ3v) is 4.09. The summed E-state index contributed by atoms with van der Waals surface area (Å²) in [5.74, 6) is 0. The molecule has 20 heavy (non-hydrogen) atoms. The van der Waals surface area contributed by atoms with Crippen LogP contribution in [0.15, 0.2) is 17.6 Å². The Kier molecular flexibility index (Phi) is 4.60. The zero-order valence-corrected chi connectivity index (χ0v) is 13.4. The number of aliphatic hydroxyl groups is 1. The highest BCUT2D eigenvalue weighted by Crippen LogP contribution is 2.26. The summed E-state index contributed by atoms with van der Waals surface area (Å²) in [6.45, 7) is 9.40. The molecule has 2 aromatic heterocycles. The van der Waals surface area contributed by atoms with Crippen molar-refractivity contribution in [2.75, 3.05) is 0 Å². The van der Waals surface area contributed by atoms with Crippen LogP contribution in [-0.2, 0) is 18.4 Å². The second-order valence-corrected chi connectivity index (χ2v) is 7.02.